The average Bonchev–Trinajstić information content (AvgIpc) is 3.56. The number of hydrogen-bond donors (Lipinski definition) is 0. The molecule has 222 valence electrons. The summed E-state index contributed by atoms with van der Waals surface area (Å²) in [5.74, 6) is 0.834. The number of furan rings is 1. The summed E-state index contributed by atoms with van der Waals surface area (Å²) in [7, 11) is 1.51. The van der Waals surface area contributed by atoms with Crippen molar-refractivity contribution in [3.05, 3.63) is 113 Å². The van der Waals surface area contributed by atoms with E-state index in [4.69, 9.17) is 18.6 Å². The van der Waals surface area contributed by atoms with Gasteiger partial charge in [0.15, 0.2) is 4.80 Å². The van der Waals surface area contributed by atoms with Gasteiger partial charge >= 0.3 is 5.97 Å². The first-order valence-corrected chi connectivity index (χ1v) is 14.3. The summed E-state index contributed by atoms with van der Waals surface area (Å²) in [6, 6.07) is 15.9. The van der Waals surface area contributed by atoms with Crippen LogP contribution >= 0.6 is 11.3 Å². The number of methoxy groups -OCH3 is 1. The molecule has 0 N–H and O–H groups in total. The first-order valence-electron chi connectivity index (χ1n) is 13.5. The van der Waals surface area contributed by atoms with Crippen LogP contribution in [0.15, 0.2) is 86.1 Å². The third kappa shape index (κ3) is 6.20. The molecular weight excluding hydrogens is 574 g/mol. The molecule has 0 saturated heterocycles. The molecule has 2 aromatic heterocycles. The number of thiazole rings is 1. The number of carbonyl (C=O) groups excluding carboxylic acids is 1. The monoisotopic (exact) mass is 603 g/mol. The van der Waals surface area contributed by atoms with Crippen LogP contribution in [0.4, 0.5) is 5.69 Å². The Labute approximate surface area is 250 Å². The topological polar surface area (TPSA) is 135 Å². The predicted octanol–water partition coefficient (Wildman–Crippen LogP) is 4.38. The number of esters is 1. The quantitative estimate of drug-likeness (QED) is 0.113. The number of nitrogens with zero attached hydrogens (tertiary/aromatic N) is 3. The zero-order valence-electron chi connectivity index (χ0n) is 23.9. The molecule has 0 spiro atoms. The van der Waals surface area contributed by atoms with Gasteiger partial charge in [-0.2, -0.15) is 0 Å². The second-order valence-corrected chi connectivity index (χ2v) is 10.9. The summed E-state index contributed by atoms with van der Waals surface area (Å²) < 4.78 is 24.4. The normalized spacial score (nSPS) is 14.9. The number of allylic oxidation sites excluding steroid dienone is 1. The van der Waals surface area contributed by atoms with E-state index >= 15 is 0 Å². The smallest absolute Gasteiger partial charge is 0.338 e. The first-order chi connectivity index (χ1) is 20.7. The minimum atomic E-state index is -0.851. The molecule has 43 heavy (non-hydrogen) atoms. The summed E-state index contributed by atoms with van der Waals surface area (Å²) in [6.07, 6.45) is 1.46. The van der Waals surface area contributed by atoms with Gasteiger partial charge in [-0.05, 0) is 51.1 Å². The fraction of sp³-hybridized carbons (Fsp3) is 0.258. The van der Waals surface area contributed by atoms with E-state index < -0.39 is 16.9 Å². The van der Waals surface area contributed by atoms with Gasteiger partial charge in [0.1, 0.15) is 29.9 Å². The van der Waals surface area contributed by atoms with Gasteiger partial charge in [0, 0.05) is 36.4 Å². The molecule has 0 unspecified atom stereocenters. The molecule has 5 rings (SSSR count). The zero-order chi connectivity index (χ0) is 30.7. The Morgan fingerprint density at radius 1 is 1.14 bits per heavy atom. The summed E-state index contributed by atoms with van der Waals surface area (Å²) in [5, 5.41) is 11.0. The molecule has 4 aromatic rings. The Morgan fingerprint density at radius 2 is 1.88 bits per heavy atom. The van der Waals surface area contributed by atoms with Crippen LogP contribution in [0.2, 0.25) is 0 Å². The number of para-hydroxylation sites is 1. The molecule has 0 radical (unpaired) electrons. The van der Waals surface area contributed by atoms with Crippen molar-refractivity contribution >= 4 is 29.1 Å². The van der Waals surface area contributed by atoms with Crippen LogP contribution in [0.3, 0.4) is 0 Å². The summed E-state index contributed by atoms with van der Waals surface area (Å²) in [4.78, 5) is 42.9. The molecule has 1 aliphatic heterocycles. The number of nitro benzene ring substituents is 1. The Bertz CT molecular complexity index is 1880. The number of aromatic nitrogens is 1. The molecule has 0 aliphatic carbocycles. The van der Waals surface area contributed by atoms with Crippen molar-refractivity contribution in [3.8, 4) is 17.1 Å². The number of nitro groups is 1. The molecule has 3 heterocycles. The molecule has 0 amide bonds. The molecule has 0 bridgehead atoms. The highest BCUT2D eigenvalue weighted by Gasteiger charge is 2.35. The maximum Gasteiger partial charge on any atom is 0.338 e. The molecule has 11 nitrogen and oxygen atoms in total. The number of benzene rings is 2. The van der Waals surface area contributed by atoms with Crippen LogP contribution in [-0.2, 0) is 14.3 Å². The van der Waals surface area contributed by atoms with Crippen molar-refractivity contribution < 1.29 is 28.3 Å². The van der Waals surface area contributed by atoms with E-state index in [-0.39, 0.29) is 36.1 Å². The van der Waals surface area contributed by atoms with Crippen molar-refractivity contribution in [1.29, 1.82) is 0 Å². The van der Waals surface area contributed by atoms with Gasteiger partial charge in [-0.25, -0.2) is 9.79 Å². The lowest BCUT2D eigenvalue weighted by molar-refractivity contribution is -0.384. The van der Waals surface area contributed by atoms with Crippen molar-refractivity contribution in [2.75, 3.05) is 20.3 Å². The number of non-ortho nitro benzene ring substituents is 1. The number of hydrogen-bond acceptors (Lipinski definition) is 10. The van der Waals surface area contributed by atoms with Gasteiger partial charge in [0.25, 0.3) is 11.2 Å². The highest BCUT2D eigenvalue weighted by Crippen LogP contribution is 2.36. The maximum atomic E-state index is 14.0. The average molecular weight is 604 g/mol. The van der Waals surface area contributed by atoms with Gasteiger partial charge in [-0.1, -0.05) is 29.5 Å². The van der Waals surface area contributed by atoms with E-state index in [2.05, 4.69) is 4.99 Å². The highest BCUT2D eigenvalue weighted by atomic mass is 32.1. The largest absolute Gasteiger partial charge is 0.491 e. The van der Waals surface area contributed by atoms with Crippen molar-refractivity contribution in [3.63, 3.8) is 0 Å². The zero-order valence-corrected chi connectivity index (χ0v) is 24.8. The minimum absolute atomic E-state index is 0.0243. The Balaban J connectivity index is 1.60. The maximum absolute atomic E-state index is 14.0. The van der Waals surface area contributed by atoms with E-state index in [9.17, 15) is 19.7 Å². The van der Waals surface area contributed by atoms with Crippen molar-refractivity contribution in [2.24, 2.45) is 4.99 Å². The third-order valence-electron chi connectivity index (χ3n) is 6.60. The molecule has 1 atom stereocenters. The van der Waals surface area contributed by atoms with Gasteiger partial charge < -0.3 is 18.6 Å². The highest BCUT2D eigenvalue weighted by molar-refractivity contribution is 7.07. The van der Waals surface area contributed by atoms with E-state index in [1.54, 1.807) is 43.3 Å². The van der Waals surface area contributed by atoms with Crippen LogP contribution in [0.5, 0.6) is 5.75 Å². The molecule has 0 fully saturated rings. The first kappa shape index (κ1) is 29.7. The summed E-state index contributed by atoms with van der Waals surface area (Å²) >= 11 is 1.17. The lowest BCUT2D eigenvalue weighted by Crippen LogP contribution is -2.40. The molecule has 2 aromatic carbocycles. The van der Waals surface area contributed by atoms with E-state index in [1.165, 1.54) is 35.1 Å². The number of ether oxygens (including phenoxy) is 3. The molecule has 0 saturated carbocycles. The van der Waals surface area contributed by atoms with E-state index in [1.807, 2.05) is 32.0 Å². The van der Waals surface area contributed by atoms with Gasteiger partial charge in [0.2, 0.25) is 0 Å². The van der Waals surface area contributed by atoms with E-state index in [0.29, 0.717) is 43.4 Å². The number of rotatable bonds is 10. The van der Waals surface area contributed by atoms with Crippen LogP contribution in [0.25, 0.3) is 17.4 Å². The summed E-state index contributed by atoms with van der Waals surface area (Å²) in [6.45, 7) is 5.78. The van der Waals surface area contributed by atoms with Crippen molar-refractivity contribution in [2.45, 2.75) is 32.9 Å². The fourth-order valence-corrected chi connectivity index (χ4v) is 5.73. The molecule has 1 aliphatic rings. The number of fused-ring (bicyclic) bond motifs is 1. The Hall–Kier alpha value is -4.81. The Kier molecular flexibility index (Phi) is 8.69. The lowest BCUT2D eigenvalue weighted by atomic mass is 9.95. The van der Waals surface area contributed by atoms with Gasteiger partial charge in [-0.15, -0.1) is 0 Å². The second-order valence-electron chi connectivity index (χ2n) is 9.92. The minimum Gasteiger partial charge on any atom is -0.491 e. The Morgan fingerprint density at radius 3 is 2.58 bits per heavy atom. The number of carbonyl (C=O) groups is 1. The van der Waals surface area contributed by atoms with Crippen LogP contribution < -0.4 is 19.6 Å². The van der Waals surface area contributed by atoms with Crippen LogP contribution in [-0.4, -0.2) is 41.9 Å². The van der Waals surface area contributed by atoms with Crippen molar-refractivity contribution in [1.82, 2.24) is 4.57 Å². The lowest BCUT2D eigenvalue weighted by Gasteiger charge is -2.27. The van der Waals surface area contributed by atoms with Gasteiger partial charge in [-0.3, -0.25) is 19.5 Å². The predicted molar refractivity (Wildman–Crippen MR) is 160 cm³/mol. The van der Waals surface area contributed by atoms with Crippen LogP contribution in [0.1, 0.15) is 38.1 Å². The van der Waals surface area contributed by atoms with Crippen LogP contribution in [0, 0.1) is 10.1 Å². The molecular formula is C31H29N3O8S. The fourth-order valence-electron chi connectivity index (χ4n) is 4.70. The van der Waals surface area contributed by atoms with Gasteiger partial charge in [0.05, 0.1) is 33.4 Å². The molecule has 12 heteroatoms. The second kappa shape index (κ2) is 12.6. The van der Waals surface area contributed by atoms with E-state index in [0.717, 1.165) is 0 Å². The SMILES string of the molecule is COCCOC(=O)C1=C(C)N=c2s/c(=C/c3ccc(-c4ccc([N+](=O)[O-])cc4)o3)c(=O)n2[C@@H]1c1ccccc1OC(C)C. The summed E-state index contributed by atoms with van der Waals surface area (Å²) in [5.41, 5.74) is 1.54. The standard InChI is InChI=1S/C31H29N3O8S/c1-18(2)41-25-8-6-5-7-23(25)28-27(30(36)40-16-15-39-4)19(3)32-31-33(28)29(35)26(43-31)17-22-13-14-24(42-22)20-9-11-21(12-10-20)34(37)38/h5-14,17-18,28H,15-16H2,1-4H3/b26-17+/t28-/m1/s1. The third-order valence-corrected chi connectivity index (χ3v) is 7.58.